The lowest BCUT2D eigenvalue weighted by Crippen LogP contribution is -2.41. The van der Waals surface area contributed by atoms with Crippen LogP contribution in [0, 0.1) is 0 Å². The van der Waals surface area contributed by atoms with Crippen molar-refractivity contribution >= 4 is 33.2 Å². The van der Waals surface area contributed by atoms with Gasteiger partial charge in [-0.15, -0.1) is 0 Å². The number of sulfonamides is 1. The van der Waals surface area contributed by atoms with Crippen LogP contribution in [0.15, 0.2) is 59.5 Å². The molecule has 2 aromatic rings. The molecule has 0 saturated heterocycles. The van der Waals surface area contributed by atoms with Gasteiger partial charge in [0, 0.05) is 11.6 Å². The fourth-order valence-corrected chi connectivity index (χ4v) is 3.74. The molecule has 128 valence electrons. The SMILES string of the molecule is CCCNC(=O)CN(c1cccc(Cl)c1)S(=O)(=O)c1ccccc1. The molecule has 0 bridgehead atoms. The first-order valence-corrected chi connectivity index (χ1v) is 9.37. The topological polar surface area (TPSA) is 66.5 Å². The normalized spacial score (nSPS) is 11.1. The molecule has 0 unspecified atom stereocenters. The number of halogens is 1. The first-order chi connectivity index (χ1) is 11.4. The first kappa shape index (κ1) is 18.3. The van der Waals surface area contributed by atoms with Crippen LogP contribution in [0.5, 0.6) is 0 Å². The maximum Gasteiger partial charge on any atom is 0.264 e. The lowest BCUT2D eigenvalue weighted by molar-refractivity contribution is -0.119. The summed E-state index contributed by atoms with van der Waals surface area (Å²) < 4.78 is 27.0. The van der Waals surface area contributed by atoms with E-state index in [1.54, 1.807) is 36.4 Å². The number of nitrogens with one attached hydrogen (secondary N) is 1. The van der Waals surface area contributed by atoms with E-state index < -0.39 is 10.0 Å². The Labute approximate surface area is 147 Å². The molecule has 0 heterocycles. The molecule has 0 aliphatic carbocycles. The van der Waals surface area contributed by atoms with Gasteiger partial charge in [0.05, 0.1) is 10.6 Å². The third kappa shape index (κ3) is 4.49. The molecule has 0 radical (unpaired) electrons. The summed E-state index contributed by atoms with van der Waals surface area (Å²) in [7, 11) is -3.88. The summed E-state index contributed by atoms with van der Waals surface area (Å²) in [4.78, 5) is 12.2. The van der Waals surface area contributed by atoms with Gasteiger partial charge in [0.2, 0.25) is 5.91 Å². The molecule has 5 nitrogen and oxygen atoms in total. The van der Waals surface area contributed by atoms with Gasteiger partial charge in [-0.2, -0.15) is 0 Å². The molecule has 2 rings (SSSR count). The minimum absolute atomic E-state index is 0.119. The average Bonchev–Trinajstić information content (AvgIpc) is 2.58. The van der Waals surface area contributed by atoms with Crippen molar-refractivity contribution in [3.05, 3.63) is 59.6 Å². The fourth-order valence-electron chi connectivity index (χ4n) is 2.12. The predicted octanol–water partition coefficient (Wildman–Crippen LogP) is 3.06. The molecule has 1 amide bonds. The Bertz CT molecular complexity index is 794. The lowest BCUT2D eigenvalue weighted by Gasteiger charge is -2.24. The van der Waals surface area contributed by atoms with Crippen LogP contribution in [0.4, 0.5) is 5.69 Å². The van der Waals surface area contributed by atoms with Gasteiger partial charge in [-0.05, 0) is 36.8 Å². The van der Waals surface area contributed by atoms with Crippen LogP contribution in [-0.2, 0) is 14.8 Å². The van der Waals surface area contributed by atoms with Crippen LogP contribution in [-0.4, -0.2) is 27.4 Å². The van der Waals surface area contributed by atoms with Crippen molar-refractivity contribution < 1.29 is 13.2 Å². The smallest absolute Gasteiger partial charge is 0.264 e. The second-order valence-electron chi connectivity index (χ2n) is 5.15. The highest BCUT2D eigenvalue weighted by molar-refractivity contribution is 7.92. The number of benzene rings is 2. The molecule has 0 aromatic heterocycles. The highest BCUT2D eigenvalue weighted by Gasteiger charge is 2.27. The standard InChI is InChI=1S/C17H19ClN2O3S/c1-2-11-19-17(21)13-20(15-8-6-7-14(18)12-15)24(22,23)16-9-4-3-5-10-16/h3-10,12H,2,11,13H2,1H3,(H,19,21). The molecular formula is C17H19ClN2O3S. The van der Waals surface area contributed by atoms with E-state index in [1.165, 1.54) is 18.2 Å². The van der Waals surface area contributed by atoms with E-state index in [4.69, 9.17) is 11.6 Å². The zero-order valence-corrected chi connectivity index (χ0v) is 14.8. The van der Waals surface area contributed by atoms with E-state index >= 15 is 0 Å². The second kappa shape index (κ2) is 8.17. The maximum absolute atomic E-state index is 13.0. The number of hydrogen-bond acceptors (Lipinski definition) is 3. The van der Waals surface area contributed by atoms with Gasteiger partial charge in [0.25, 0.3) is 10.0 Å². The van der Waals surface area contributed by atoms with Crippen molar-refractivity contribution in [2.75, 3.05) is 17.4 Å². The van der Waals surface area contributed by atoms with Crippen LogP contribution in [0.3, 0.4) is 0 Å². The molecule has 0 aliphatic heterocycles. The van der Waals surface area contributed by atoms with Crippen LogP contribution in [0.1, 0.15) is 13.3 Å². The van der Waals surface area contributed by atoms with Gasteiger partial charge in [-0.1, -0.05) is 42.8 Å². The zero-order valence-electron chi connectivity index (χ0n) is 13.3. The van der Waals surface area contributed by atoms with Crippen molar-refractivity contribution in [3.8, 4) is 0 Å². The minimum Gasteiger partial charge on any atom is -0.355 e. The molecule has 0 aliphatic rings. The first-order valence-electron chi connectivity index (χ1n) is 7.55. The minimum atomic E-state index is -3.88. The molecule has 2 aromatic carbocycles. The van der Waals surface area contributed by atoms with Gasteiger partial charge in [-0.3, -0.25) is 9.10 Å². The largest absolute Gasteiger partial charge is 0.355 e. The number of anilines is 1. The summed E-state index contributed by atoms with van der Waals surface area (Å²) in [5.41, 5.74) is 0.345. The van der Waals surface area contributed by atoms with Crippen LogP contribution in [0.2, 0.25) is 5.02 Å². The second-order valence-corrected chi connectivity index (χ2v) is 7.45. The fraction of sp³-hybridized carbons (Fsp3) is 0.235. The Morgan fingerprint density at radius 1 is 1.12 bits per heavy atom. The zero-order chi connectivity index (χ0) is 17.6. The molecule has 0 saturated carbocycles. The molecule has 0 atom stereocenters. The van der Waals surface area contributed by atoms with Gasteiger partial charge in [0.1, 0.15) is 6.54 Å². The number of carbonyl (C=O) groups is 1. The van der Waals surface area contributed by atoms with E-state index in [0.717, 1.165) is 10.7 Å². The number of amides is 1. The van der Waals surface area contributed by atoms with E-state index in [9.17, 15) is 13.2 Å². The summed E-state index contributed by atoms with van der Waals surface area (Å²) in [6.07, 6.45) is 0.772. The molecule has 0 fully saturated rings. The average molecular weight is 367 g/mol. The Kier molecular flexibility index (Phi) is 6.23. The number of nitrogens with zero attached hydrogens (tertiary/aromatic N) is 1. The van der Waals surface area contributed by atoms with E-state index in [0.29, 0.717) is 17.3 Å². The monoisotopic (exact) mass is 366 g/mol. The maximum atomic E-state index is 13.0. The summed E-state index contributed by atoms with van der Waals surface area (Å²) >= 11 is 5.98. The van der Waals surface area contributed by atoms with Gasteiger partial charge in [0.15, 0.2) is 0 Å². The molecule has 0 spiro atoms. The summed E-state index contributed by atoms with van der Waals surface area (Å²) in [6.45, 7) is 2.11. The Hall–Kier alpha value is -2.05. The van der Waals surface area contributed by atoms with Crippen molar-refractivity contribution in [3.63, 3.8) is 0 Å². The quantitative estimate of drug-likeness (QED) is 0.818. The molecule has 24 heavy (non-hydrogen) atoms. The Morgan fingerprint density at radius 3 is 2.46 bits per heavy atom. The van der Waals surface area contributed by atoms with Gasteiger partial charge >= 0.3 is 0 Å². The van der Waals surface area contributed by atoms with Gasteiger partial charge in [-0.25, -0.2) is 8.42 Å². The van der Waals surface area contributed by atoms with Crippen LogP contribution in [0.25, 0.3) is 0 Å². The van der Waals surface area contributed by atoms with E-state index in [1.807, 2.05) is 6.92 Å². The molecular weight excluding hydrogens is 348 g/mol. The number of carbonyl (C=O) groups excluding carboxylic acids is 1. The summed E-state index contributed by atoms with van der Waals surface area (Å²) in [5, 5.41) is 3.09. The Morgan fingerprint density at radius 2 is 1.83 bits per heavy atom. The highest BCUT2D eigenvalue weighted by Crippen LogP contribution is 2.25. The third-order valence-corrected chi connectivity index (χ3v) is 5.31. The summed E-state index contributed by atoms with van der Waals surface area (Å²) in [6, 6.07) is 14.4. The summed E-state index contributed by atoms with van der Waals surface area (Å²) in [5.74, 6) is -0.365. The number of rotatable bonds is 7. The number of hydrogen-bond donors (Lipinski definition) is 1. The van der Waals surface area contributed by atoms with E-state index in [-0.39, 0.29) is 17.3 Å². The molecule has 1 N–H and O–H groups in total. The van der Waals surface area contributed by atoms with E-state index in [2.05, 4.69) is 5.32 Å². The van der Waals surface area contributed by atoms with Crippen molar-refractivity contribution in [1.82, 2.24) is 5.32 Å². The third-order valence-electron chi connectivity index (χ3n) is 3.29. The van der Waals surface area contributed by atoms with Crippen molar-refractivity contribution in [1.29, 1.82) is 0 Å². The van der Waals surface area contributed by atoms with Crippen LogP contribution >= 0.6 is 11.6 Å². The van der Waals surface area contributed by atoms with Crippen LogP contribution < -0.4 is 9.62 Å². The molecule has 7 heteroatoms. The van der Waals surface area contributed by atoms with Crippen molar-refractivity contribution in [2.45, 2.75) is 18.2 Å². The highest BCUT2D eigenvalue weighted by atomic mass is 35.5. The Balaban J connectivity index is 2.41. The van der Waals surface area contributed by atoms with Crippen molar-refractivity contribution in [2.24, 2.45) is 0 Å². The predicted molar refractivity (Wildman–Crippen MR) is 95.7 cm³/mol. The van der Waals surface area contributed by atoms with Gasteiger partial charge < -0.3 is 5.32 Å². The lowest BCUT2D eigenvalue weighted by atomic mass is 10.3.